The molecule has 0 bridgehead atoms. The molecular weight excluding hydrogens is 299 g/mol. The van der Waals surface area contributed by atoms with Crippen LogP contribution in [0.4, 0.5) is 4.39 Å². The topological polar surface area (TPSA) is 83.8 Å². The van der Waals surface area contributed by atoms with E-state index in [2.05, 4.69) is 4.74 Å². The second kappa shape index (κ2) is 5.02. The van der Waals surface area contributed by atoms with E-state index in [-0.39, 0.29) is 10.6 Å². The number of carbonyl (C=O) groups is 2. The maximum atomic E-state index is 13.1. The van der Waals surface area contributed by atoms with E-state index in [1.807, 2.05) is 0 Å². The molecule has 0 aliphatic heterocycles. The van der Waals surface area contributed by atoms with Gasteiger partial charge in [-0.25, -0.2) is 9.59 Å². The Morgan fingerprint density at radius 2 is 2.05 bits per heavy atom. The molecule has 100 valence electrons. The summed E-state index contributed by atoms with van der Waals surface area (Å²) in [6.45, 7) is 0. The molecular formula is C11H6ClFO5S. The van der Waals surface area contributed by atoms with Crippen molar-refractivity contribution < 1.29 is 28.9 Å². The van der Waals surface area contributed by atoms with E-state index < -0.39 is 18.3 Å². The smallest absolute Gasteiger partial charge is 0.378 e. The average Bonchev–Trinajstić information content (AvgIpc) is 2.67. The molecule has 1 atom stereocenters. The summed E-state index contributed by atoms with van der Waals surface area (Å²) in [6.07, 6.45) is -2.63. The molecule has 2 aromatic rings. The number of ether oxygens (including phenoxy) is 1. The zero-order chi connectivity index (χ0) is 14.2. The fourth-order valence-corrected chi connectivity index (χ4v) is 2.71. The summed E-state index contributed by atoms with van der Waals surface area (Å²) in [7, 11) is 0. The molecule has 5 nitrogen and oxygen atoms in total. The second-order valence-corrected chi connectivity index (χ2v) is 4.97. The highest BCUT2D eigenvalue weighted by Crippen LogP contribution is 2.39. The number of carboxylic acids is 2. The Labute approximate surface area is 114 Å². The van der Waals surface area contributed by atoms with Crippen molar-refractivity contribution in [1.82, 2.24) is 0 Å². The number of benzene rings is 1. The van der Waals surface area contributed by atoms with Gasteiger partial charge in [0.15, 0.2) is 10.6 Å². The van der Waals surface area contributed by atoms with Gasteiger partial charge in [-0.1, -0.05) is 11.6 Å². The number of aromatic carboxylic acids is 1. The molecule has 2 N–H and O–H groups in total. The Morgan fingerprint density at radius 1 is 1.37 bits per heavy atom. The monoisotopic (exact) mass is 304 g/mol. The third kappa shape index (κ3) is 2.61. The SMILES string of the molecule is O=C(O)c1sc2cc(Cl)ccc2c1OC(F)C(=O)O. The fourth-order valence-electron chi connectivity index (χ4n) is 1.46. The van der Waals surface area contributed by atoms with Crippen LogP contribution in [0.2, 0.25) is 5.02 Å². The molecule has 1 aromatic heterocycles. The van der Waals surface area contributed by atoms with E-state index in [1.165, 1.54) is 18.2 Å². The normalized spacial score (nSPS) is 12.3. The molecule has 1 unspecified atom stereocenters. The zero-order valence-corrected chi connectivity index (χ0v) is 10.7. The third-order valence-corrected chi connectivity index (χ3v) is 3.57. The summed E-state index contributed by atoms with van der Waals surface area (Å²) in [5.41, 5.74) is 0. The minimum absolute atomic E-state index is 0.277. The highest BCUT2D eigenvalue weighted by Gasteiger charge is 2.25. The largest absolute Gasteiger partial charge is 0.477 e. The molecule has 0 saturated carbocycles. The van der Waals surface area contributed by atoms with Gasteiger partial charge in [0.2, 0.25) is 0 Å². The molecule has 0 saturated heterocycles. The number of hydrogen-bond donors (Lipinski definition) is 2. The Kier molecular flexibility index (Phi) is 3.59. The third-order valence-electron chi connectivity index (χ3n) is 2.22. The lowest BCUT2D eigenvalue weighted by molar-refractivity contribution is -0.153. The molecule has 1 aromatic carbocycles. The highest BCUT2D eigenvalue weighted by molar-refractivity contribution is 7.21. The molecule has 0 radical (unpaired) electrons. The van der Waals surface area contributed by atoms with Crippen molar-refractivity contribution in [3.8, 4) is 5.75 Å². The van der Waals surface area contributed by atoms with Crippen LogP contribution in [-0.4, -0.2) is 28.5 Å². The molecule has 0 spiro atoms. The summed E-state index contributed by atoms with van der Waals surface area (Å²) in [4.78, 5) is 21.2. The van der Waals surface area contributed by atoms with Crippen molar-refractivity contribution in [2.75, 3.05) is 0 Å². The van der Waals surface area contributed by atoms with Gasteiger partial charge in [-0.3, -0.25) is 0 Å². The summed E-state index contributed by atoms with van der Waals surface area (Å²) < 4.78 is 18.2. The van der Waals surface area contributed by atoms with Gasteiger partial charge in [0.1, 0.15) is 0 Å². The Morgan fingerprint density at radius 3 is 2.63 bits per heavy atom. The van der Waals surface area contributed by atoms with Gasteiger partial charge in [0.05, 0.1) is 0 Å². The average molecular weight is 305 g/mol. The van der Waals surface area contributed by atoms with E-state index in [0.717, 1.165) is 11.3 Å². The molecule has 0 aliphatic carbocycles. The van der Waals surface area contributed by atoms with E-state index in [0.29, 0.717) is 15.1 Å². The van der Waals surface area contributed by atoms with Crippen LogP contribution in [0.25, 0.3) is 10.1 Å². The van der Waals surface area contributed by atoms with Crippen molar-refractivity contribution in [3.05, 3.63) is 28.1 Å². The Hall–Kier alpha value is -1.86. The van der Waals surface area contributed by atoms with Crippen molar-refractivity contribution in [1.29, 1.82) is 0 Å². The number of carboxylic acid groups (broad SMARTS) is 2. The maximum absolute atomic E-state index is 13.1. The summed E-state index contributed by atoms with van der Waals surface area (Å²) in [5, 5.41) is 18.2. The first-order valence-corrected chi connectivity index (χ1v) is 6.08. The molecule has 0 fully saturated rings. The number of rotatable bonds is 4. The first-order chi connectivity index (χ1) is 8.90. The molecule has 8 heteroatoms. The zero-order valence-electron chi connectivity index (χ0n) is 9.09. The Bertz CT molecular complexity index is 668. The summed E-state index contributed by atoms with van der Waals surface area (Å²) >= 11 is 6.60. The number of aliphatic carboxylic acids is 1. The minimum Gasteiger partial charge on any atom is -0.477 e. The van der Waals surface area contributed by atoms with Gasteiger partial charge < -0.3 is 14.9 Å². The van der Waals surface area contributed by atoms with E-state index in [4.69, 9.17) is 21.8 Å². The summed E-state index contributed by atoms with van der Waals surface area (Å²) in [5.74, 6) is -3.46. The van der Waals surface area contributed by atoms with Gasteiger partial charge in [-0.05, 0) is 18.2 Å². The quantitative estimate of drug-likeness (QED) is 0.907. The van der Waals surface area contributed by atoms with E-state index in [9.17, 15) is 14.0 Å². The molecule has 19 heavy (non-hydrogen) atoms. The van der Waals surface area contributed by atoms with Crippen LogP contribution in [0.5, 0.6) is 5.75 Å². The number of thiophene rings is 1. The molecule has 2 rings (SSSR count). The van der Waals surface area contributed by atoms with Gasteiger partial charge in [-0.2, -0.15) is 4.39 Å². The first kappa shape index (κ1) is 13.6. The van der Waals surface area contributed by atoms with E-state index in [1.54, 1.807) is 0 Å². The predicted octanol–water partition coefficient (Wildman–Crippen LogP) is 3.01. The lowest BCUT2D eigenvalue weighted by atomic mass is 10.2. The number of alkyl halides is 1. The van der Waals surface area contributed by atoms with Crippen molar-refractivity contribution in [2.45, 2.75) is 6.36 Å². The number of fused-ring (bicyclic) bond motifs is 1. The molecule has 1 heterocycles. The first-order valence-electron chi connectivity index (χ1n) is 4.89. The van der Waals surface area contributed by atoms with Gasteiger partial charge in [0.25, 0.3) is 0 Å². The standard InChI is InChI=1S/C11H6ClFO5S/c12-4-1-2-5-6(3-4)19-8(10(14)15)7(5)18-9(13)11(16)17/h1-3,9H,(H,14,15)(H,16,17). The molecule has 0 amide bonds. The lowest BCUT2D eigenvalue weighted by Gasteiger charge is -2.07. The van der Waals surface area contributed by atoms with Crippen molar-refractivity contribution in [3.63, 3.8) is 0 Å². The summed E-state index contributed by atoms with van der Waals surface area (Å²) in [6, 6.07) is 4.42. The van der Waals surface area contributed by atoms with E-state index >= 15 is 0 Å². The van der Waals surface area contributed by atoms with Gasteiger partial charge in [-0.15, -0.1) is 11.3 Å². The minimum atomic E-state index is -2.63. The van der Waals surface area contributed by atoms with Crippen LogP contribution in [0.15, 0.2) is 18.2 Å². The highest BCUT2D eigenvalue weighted by atomic mass is 35.5. The van der Waals surface area contributed by atoms with Crippen molar-refractivity contribution >= 4 is 45.0 Å². The predicted molar refractivity (Wildman–Crippen MR) is 67.0 cm³/mol. The molecule has 0 aliphatic rings. The second-order valence-electron chi connectivity index (χ2n) is 3.48. The van der Waals surface area contributed by atoms with Crippen LogP contribution >= 0.6 is 22.9 Å². The van der Waals surface area contributed by atoms with Gasteiger partial charge >= 0.3 is 18.3 Å². The number of halogens is 2. The number of hydrogen-bond acceptors (Lipinski definition) is 4. The van der Waals surface area contributed by atoms with Crippen LogP contribution < -0.4 is 4.74 Å². The fraction of sp³-hybridized carbons (Fsp3) is 0.0909. The van der Waals surface area contributed by atoms with Crippen LogP contribution in [0.3, 0.4) is 0 Å². The van der Waals surface area contributed by atoms with Crippen LogP contribution in [0.1, 0.15) is 9.67 Å². The maximum Gasteiger partial charge on any atom is 0.378 e. The van der Waals surface area contributed by atoms with Crippen LogP contribution in [0, 0.1) is 0 Å². The van der Waals surface area contributed by atoms with Crippen LogP contribution in [-0.2, 0) is 4.79 Å². The van der Waals surface area contributed by atoms with Gasteiger partial charge in [0, 0.05) is 15.1 Å². The van der Waals surface area contributed by atoms with Crippen molar-refractivity contribution in [2.24, 2.45) is 0 Å². The lowest BCUT2D eigenvalue weighted by Crippen LogP contribution is -2.22. The Balaban J connectivity index is 2.58.